The number of nitrogens with zero attached hydrogens (tertiary/aromatic N) is 7. The molecule has 2 aromatic heterocycles. The molecule has 6 rings (SSSR count). The fourth-order valence-corrected chi connectivity index (χ4v) is 5.75. The lowest BCUT2D eigenvalue weighted by Crippen LogP contribution is -2.47. The van der Waals surface area contributed by atoms with Gasteiger partial charge in [0.15, 0.2) is 5.82 Å². The Balaban J connectivity index is 1.21. The smallest absolute Gasteiger partial charge is 0.318 e. The van der Waals surface area contributed by atoms with E-state index in [2.05, 4.69) is 47.9 Å². The zero-order valence-corrected chi connectivity index (χ0v) is 23.2. The molecule has 3 atom stereocenters. The second kappa shape index (κ2) is 9.65. The van der Waals surface area contributed by atoms with E-state index < -0.39 is 17.5 Å². The highest BCUT2D eigenvalue weighted by Gasteiger charge is 2.47. The Kier molecular flexibility index (Phi) is 6.23. The van der Waals surface area contributed by atoms with Gasteiger partial charge in [-0.2, -0.15) is 20.1 Å². The summed E-state index contributed by atoms with van der Waals surface area (Å²) in [4.78, 5) is 44.6. The van der Waals surface area contributed by atoms with E-state index in [9.17, 15) is 9.59 Å². The molecule has 1 aromatic carbocycles. The molecule has 0 bridgehead atoms. The van der Waals surface area contributed by atoms with Crippen LogP contribution in [-0.2, 0) is 16.9 Å². The number of amides is 3. The van der Waals surface area contributed by atoms with Crippen molar-refractivity contribution < 1.29 is 9.59 Å². The molecule has 5 N–H and O–H groups in total. The fraction of sp³-hybridized carbons (Fsp3) is 0.481. The molecular formula is C27H35N11O2. The summed E-state index contributed by atoms with van der Waals surface area (Å²) in [5.74, 6) is 1.61. The molecule has 3 aromatic rings. The van der Waals surface area contributed by atoms with Gasteiger partial charge in [-0.25, -0.2) is 4.79 Å². The number of aromatic nitrogens is 5. The van der Waals surface area contributed by atoms with E-state index in [1.54, 1.807) is 4.90 Å². The molecule has 2 aliphatic heterocycles. The van der Waals surface area contributed by atoms with Crippen molar-refractivity contribution in [1.29, 1.82) is 0 Å². The number of rotatable bonds is 7. The first-order valence-electron chi connectivity index (χ1n) is 13.6. The van der Waals surface area contributed by atoms with E-state index in [0.717, 1.165) is 24.1 Å². The van der Waals surface area contributed by atoms with Crippen LogP contribution in [0, 0.1) is 0 Å². The Morgan fingerprint density at radius 2 is 1.93 bits per heavy atom. The van der Waals surface area contributed by atoms with Gasteiger partial charge in [0.2, 0.25) is 23.8 Å². The number of carbonyl (C=O) groups excluding carboxylic acids is 2. The molecule has 1 aliphatic carbocycles. The van der Waals surface area contributed by atoms with E-state index in [0.29, 0.717) is 49.1 Å². The molecule has 3 aliphatic rings. The maximum atomic E-state index is 13.4. The number of benzene rings is 1. The maximum Gasteiger partial charge on any atom is 0.318 e. The molecule has 0 radical (unpaired) electrons. The number of carbonyl (C=O) groups is 2. The summed E-state index contributed by atoms with van der Waals surface area (Å²) in [6, 6.07) is 9.85. The van der Waals surface area contributed by atoms with Gasteiger partial charge in [0.25, 0.3) is 0 Å². The topological polar surface area (TPSA) is 161 Å². The summed E-state index contributed by atoms with van der Waals surface area (Å²) in [6.45, 7) is 5.02. The number of urea groups is 1. The standard InChI is InChI=1S/C27H35N11O2/c1-27(2)20-17(14-38(27)26(40)29-18-13-16(18)15-9-6-5-7-10-15)22(35-34-20)30-23-31-24(36(3)4)33-25(32-23)37-12-8-11-19(37)21(28)39/h5-7,9-10,16,18-19H,8,11-14H2,1-4H3,(H2,28,39)(H,29,40)(H2,30,31,32,33,34,35)/t16-,18+,19+/m1/s1. The predicted octanol–water partition coefficient (Wildman–Crippen LogP) is 2.17. The van der Waals surface area contributed by atoms with Crippen LogP contribution in [0.25, 0.3) is 0 Å². The number of hydrogen-bond donors (Lipinski definition) is 4. The van der Waals surface area contributed by atoms with Crippen LogP contribution in [0.3, 0.4) is 0 Å². The van der Waals surface area contributed by atoms with Gasteiger partial charge in [-0.15, -0.1) is 0 Å². The van der Waals surface area contributed by atoms with Crippen LogP contribution in [0.5, 0.6) is 0 Å². The third-order valence-corrected chi connectivity index (χ3v) is 8.12. The number of fused-ring (bicyclic) bond motifs is 1. The van der Waals surface area contributed by atoms with E-state index in [4.69, 9.17) is 5.73 Å². The highest BCUT2D eigenvalue weighted by molar-refractivity contribution is 5.83. The van der Waals surface area contributed by atoms with Crippen LogP contribution in [0.15, 0.2) is 30.3 Å². The van der Waals surface area contributed by atoms with Crippen molar-refractivity contribution in [1.82, 2.24) is 35.4 Å². The van der Waals surface area contributed by atoms with Crippen LogP contribution in [0.1, 0.15) is 55.8 Å². The molecule has 1 saturated carbocycles. The van der Waals surface area contributed by atoms with Gasteiger partial charge in [-0.3, -0.25) is 9.89 Å². The number of anilines is 4. The predicted molar refractivity (Wildman–Crippen MR) is 150 cm³/mol. The van der Waals surface area contributed by atoms with Gasteiger partial charge in [-0.05, 0) is 38.7 Å². The second-order valence-corrected chi connectivity index (χ2v) is 11.4. The fourth-order valence-electron chi connectivity index (χ4n) is 5.75. The molecular weight excluding hydrogens is 510 g/mol. The normalized spacial score (nSPS) is 22.6. The van der Waals surface area contributed by atoms with Gasteiger partial charge in [0.05, 0.1) is 17.8 Å². The average molecular weight is 546 g/mol. The number of aromatic amines is 1. The monoisotopic (exact) mass is 545 g/mol. The van der Waals surface area contributed by atoms with Gasteiger partial charge >= 0.3 is 6.03 Å². The lowest BCUT2D eigenvalue weighted by Gasteiger charge is -2.32. The highest BCUT2D eigenvalue weighted by atomic mass is 16.2. The average Bonchev–Trinajstić information content (AvgIpc) is 3.24. The molecule has 0 unspecified atom stereocenters. The second-order valence-electron chi connectivity index (χ2n) is 11.4. The minimum Gasteiger partial charge on any atom is -0.368 e. The van der Waals surface area contributed by atoms with Crippen molar-refractivity contribution in [2.75, 3.05) is 35.8 Å². The molecule has 2 fully saturated rings. The van der Waals surface area contributed by atoms with Gasteiger partial charge < -0.3 is 31.1 Å². The lowest BCUT2D eigenvalue weighted by molar-refractivity contribution is -0.119. The summed E-state index contributed by atoms with van der Waals surface area (Å²) < 4.78 is 0. The van der Waals surface area contributed by atoms with E-state index in [1.807, 2.05) is 55.9 Å². The summed E-state index contributed by atoms with van der Waals surface area (Å²) in [5, 5.41) is 14.1. The Hall–Kier alpha value is -4.42. The van der Waals surface area contributed by atoms with Crippen molar-refractivity contribution in [3.8, 4) is 0 Å². The molecule has 1 saturated heterocycles. The molecule has 3 amide bonds. The summed E-state index contributed by atoms with van der Waals surface area (Å²) >= 11 is 0. The van der Waals surface area contributed by atoms with Gasteiger partial charge in [-0.1, -0.05) is 30.3 Å². The van der Waals surface area contributed by atoms with E-state index in [-0.39, 0.29) is 12.1 Å². The quantitative estimate of drug-likeness (QED) is 0.349. The van der Waals surface area contributed by atoms with Crippen molar-refractivity contribution in [3.05, 3.63) is 47.2 Å². The van der Waals surface area contributed by atoms with Crippen LogP contribution < -0.4 is 26.2 Å². The third kappa shape index (κ3) is 4.54. The molecule has 13 nitrogen and oxygen atoms in total. The van der Waals surface area contributed by atoms with Crippen LogP contribution >= 0.6 is 0 Å². The number of nitrogens with one attached hydrogen (secondary N) is 3. The summed E-state index contributed by atoms with van der Waals surface area (Å²) in [6.07, 6.45) is 2.42. The Morgan fingerprint density at radius 3 is 2.65 bits per heavy atom. The molecule has 4 heterocycles. The van der Waals surface area contributed by atoms with Crippen molar-refractivity contribution in [2.24, 2.45) is 5.73 Å². The van der Waals surface area contributed by atoms with Crippen LogP contribution in [-0.4, -0.2) is 74.7 Å². The van der Waals surface area contributed by atoms with Crippen LogP contribution in [0.4, 0.5) is 28.5 Å². The minimum absolute atomic E-state index is 0.104. The zero-order valence-electron chi connectivity index (χ0n) is 23.2. The van der Waals surface area contributed by atoms with Gasteiger partial charge in [0, 0.05) is 38.2 Å². The van der Waals surface area contributed by atoms with Crippen LogP contribution in [0.2, 0.25) is 0 Å². The summed E-state index contributed by atoms with van der Waals surface area (Å²) in [7, 11) is 3.68. The third-order valence-electron chi connectivity index (χ3n) is 8.12. The van der Waals surface area contributed by atoms with Crippen molar-refractivity contribution >= 4 is 35.6 Å². The van der Waals surface area contributed by atoms with E-state index >= 15 is 0 Å². The highest BCUT2D eigenvalue weighted by Crippen LogP contribution is 2.43. The largest absolute Gasteiger partial charge is 0.368 e. The van der Waals surface area contributed by atoms with E-state index in [1.165, 1.54) is 5.56 Å². The molecule has 210 valence electrons. The molecule has 0 spiro atoms. The first-order valence-corrected chi connectivity index (χ1v) is 13.6. The van der Waals surface area contributed by atoms with Crippen molar-refractivity contribution in [2.45, 2.75) is 63.2 Å². The Labute approximate surface area is 232 Å². The Morgan fingerprint density at radius 1 is 1.15 bits per heavy atom. The minimum atomic E-state index is -0.590. The first-order chi connectivity index (χ1) is 19.1. The number of hydrogen-bond acceptors (Lipinski definition) is 9. The van der Waals surface area contributed by atoms with Gasteiger partial charge in [0.1, 0.15) is 6.04 Å². The SMILES string of the molecule is CN(C)c1nc(Nc2n[nH]c3c2CN(C(=O)N[C@H]2C[C@@H]2c2ccccc2)C3(C)C)nc(N2CCC[C@H]2C(N)=O)n1. The number of H-pyrrole nitrogens is 1. The molecule has 13 heteroatoms. The van der Waals surface area contributed by atoms with Crippen molar-refractivity contribution in [3.63, 3.8) is 0 Å². The maximum absolute atomic E-state index is 13.4. The lowest BCUT2D eigenvalue weighted by atomic mass is 10.0. The Bertz CT molecular complexity index is 1440. The zero-order chi connectivity index (χ0) is 28.2. The first kappa shape index (κ1) is 25.8. The summed E-state index contributed by atoms with van der Waals surface area (Å²) in [5.41, 5.74) is 8.03. The number of primary amides is 1. The number of nitrogens with two attached hydrogens (primary N) is 1. The molecule has 40 heavy (non-hydrogen) atoms.